The molecule has 1 fully saturated rings. The lowest BCUT2D eigenvalue weighted by molar-refractivity contribution is -0.311. The van der Waals surface area contributed by atoms with Gasteiger partial charge >= 0.3 is 0 Å². The van der Waals surface area contributed by atoms with Gasteiger partial charge in [-0.05, 0) is 6.42 Å². The van der Waals surface area contributed by atoms with Crippen LogP contribution < -0.4 is 5.11 Å². The molecule has 0 aromatic carbocycles. The van der Waals surface area contributed by atoms with Crippen LogP contribution in [0.5, 0.6) is 0 Å². The van der Waals surface area contributed by atoms with Gasteiger partial charge in [0.2, 0.25) is 11.8 Å². The highest BCUT2D eigenvalue weighted by Crippen LogP contribution is 2.20. The van der Waals surface area contributed by atoms with Crippen LogP contribution in [0.25, 0.3) is 0 Å². The summed E-state index contributed by atoms with van der Waals surface area (Å²) < 4.78 is 0. The Morgan fingerprint density at radius 1 is 0.913 bits per heavy atom. The summed E-state index contributed by atoms with van der Waals surface area (Å²) in [5.41, 5.74) is 0. The highest BCUT2D eigenvalue weighted by molar-refractivity contribution is 6.04. The molecule has 1 unspecified atom stereocenters. The van der Waals surface area contributed by atoms with E-state index in [4.69, 9.17) is 0 Å². The van der Waals surface area contributed by atoms with Crippen molar-refractivity contribution in [1.29, 1.82) is 0 Å². The molecule has 1 saturated heterocycles. The molecule has 5 heteroatoms. The van der Waals surface area contributed by atoms with Crippen molar-refractivity contribution in [3.8, 4) is 0 Å². The van der Waals surface area contributed by atoms with E-state index >= 15 is 0 Å². The number of carbonyl (C=O) groups excluding carboxylic acids is 3. The number of likely N-dealkylation sites (tertiary alicyclic amines) is 1. The molecule has 1 atom stereocenters. The summed E-state index contributed by atoms with van der Waals surface area (Å²) in [6.45, 7) is 2.21. The van der Waals surface area contributed by atoms with Gasteiger partial charge in [-0.2, -0.15) is 0 Å². The molecule has 5 nitrogen and oxygen atoms in total. The Morgan fingerprint density at radius 3 is 1.78 bits per heavy atom. The first-order valence-electron chi connectivity index (χ1n) is 9.13. The number of carboxylic acids is 1. The second-order valence-electron chi connectivity index (χ2n) is 6.46. The van der Waals surface area contributed by atoms with E-state index in [1.54, 1.807) is 0 Å². The van der Waals surface area contributed by atoms with Gasteiger partial charge in [0.05, 0.1) is 12.0 Å². The van der Waals surface area contributed by atoms with E-state index < -0.39 is 12.0 Å². The zero-order chi connectivity index (χ0) is 17.1. The Hall–Kier alpha value is -1.39. The van der Waals surface area contributed by atoms with Gasteiger partial charge in [0, 0.05) is 12.8 Å². The van der Waals surface area contributed by atoms with E-state index in [-0.39, 0.29) is 24.7 Å². The Balaban J connectivity index is 2.14. The molecule has 0 N–H and O–H groups in total. The van der Waals surface area contributed by atoms with Crippen LogP contribution in [-0.2, 0) is 14.4 Å². The Morgan fingerprint density at radius 2 is 1.35 bits per heavy atom. The lowest BCUT2D eigenvalue weighted by atomic mass is 10.0. The maximum atomic E-state index is 11.6. The van der Waals surface area contributed by atoms with Crippen LogP contribution in [0, 0.1) is 0 Å². The first-order chi connectivity index (χ1) is 11.1. The van der Waals surface area contributed by atoms with Gasteiger partial charge < -0.3 is 9.90 Å². The SMILES string of the molecule is CCCCCCCCCCCCC(C(=O)[O-])N1C(=O)CCC1=O. The van der Waals surface area contributed by atoms with Gasteiger partial charge in [-0.25, -0.2) is 0 Å². The van der Waals surface area contributed by atoms with Gasteiger partial charge in [-0.3, -0.25) is 14.5 Å². The molecule has 1 aliphatic rings. The first kappa shape index (κ1) is 19.7. The van der Waals surface area contributed by atoms with Crippen molar-refractivity contribution in [2.24, 2.45) is 0 Å². The number of imide groups is 1. The van der Waals surface area contributed by atoms with E-state index in [1.807, 2.05) is 0 Å². The van der Waals surface area contributed by atoms with Crippen molar-refractivity contribution in [3.63, 3.8) is 0 Å². The van der Waals surface area contributed by atoms with Gasteiger partial charge in [-0.15, -0.1) is 0 Å². The minimum atomic E-state index is -1.32. The summed E-state index contributed by atoms with van der Waals surface area (Å²) in [5, 5.41) is 11.2. The van der Waals surface area contributed by atoms with E-state index in [9.17, 15) is 19.5 Å². The van der Waals surface area contributed by atoms with Crippen molar-refractivity contribution in [1.82, 2.24) is 4.90 Å². The highest BCUT2D eigenvalue weighted by Gasteiger charge is 2.35. The fraction of sp³-hybridized carbons (Fsp3) is 0.833. The third-order valence-corrected chi connectivity index (χ3v) is 4.50. The van der Waals surface area contributed by atoms with Gasteiger partial charge in [0.15, 0.2) is 0 Å². The summed E-state index contributed by atoms with van der Waals surface area (Å²) in [7, 11) is 0. The number of rotatable bonds is 13. The van der Waals surface area contributed by atoms with Crippen molar-refractivity contribution >= 4 is 17.8 Å². The van der Waals surface area contributed by atoms with Crippen LogP contribution in [0.2, 0.25) is 0 Å². The molecular weight excluding hydrogens is 294 g/mol. The summed E-state index contributed by atoms with van der Waals surface area (Å²) >= 11 is 0. The second-order valence-corrected chi connectivity index (χ2v) is 6.46. The lowest BCUT2D eigenvalue weighted by Crippen LogP contribution is -2.50. The van der Waals surface area contributed by atoms with Crippen LogP contribution in [0.3, 0.4) is 0 Å². The fourth-order valence-corrected chi connectivity index (χ4v) is 3.12. The zero-order valence-electron chi connectivity index (χ0n) is 14.3. The molecule has 1 rings (SSSR count). The van der Waals surface area contributed by atoms with Gasteiger partial charge in [0.25, 0.3) is 0 Å². The van der Waals surface area contributed by atoms with Gasteiger partial charge in [0.1, 0.15) is 0 Å². The molecule has 23 heavy (non-hydrogen) atoms. The number of carboxylic acid groups (broad SMARTS) is 1. The van der Waals surface area contributed by atoms with Crippen molar-refractivity contribution in [3.05, 3.63) is 0 Å². The average molecular weight is 324 g/mol. The van der Waals surface area contributed by atoms with Crippen LogP contribution in [-0.4, -0.2) is 28.7 Å². The summed E-state index contributed by atoms with van der Waals surface area (Å²) in [6, 6.07) is -1.08. The van der Waals surface area contributed by atoms with E-state index in [1.165, 1.54) is 44.9 Å². The predicted octanol–water partition coefficient (Wildman–Crippen LogP) is 2.56. The van der Waals surface area contributed by atoms with E-state index in [0.717, 1.165) is 17.7 Å². The van der Waals surface area contributed by atoms with Crippen molar-refractivity contribution in [2.75, 3.05) is 0 Å². The second kappa shape index (κ2) is 11.2. The molecule has 1 heterocycles. The van der Waals surface area contributed by atoms with E-state index in [2.05, 4.69) is 6.92 Å². The summed E-state index contributed by atoms with van der Waals surface area (Å²) in [5.74, 6) is -2.07. The Bertz CT molecular complexity index is 378. The average Bonchev–Trinajstić information content (AvgIpc) is 2.84. The molecule has 0 spiro atoms. The number of hydrogen-bond donors (Lipinski definition) is 0. The maximum Gasteiger partial charge on any atom is 0.230 e. The first-order valence-corrected chi connectivity index (χ1v) is 9.13. The van der Waals surface area contributed by atoms with Crippen molar-refractivity contribution in [2.45, 2.75) is 96.4 Å². The number of carbonyl (C=O) groups is 3. The molecule has 0 aromatic heterocycles. The van der Waals surface area contributed by atoms with Crippen LogP contribution in [0.4, 0.5) is 0 Å². The van der Waals surface area contributed by atoms with E-state index in [0.29, 0.717) is 12.8 Å². The monoisotopic (exact) mass is 324 g/mol. The molecule has 132 valence electrons. The van der Waals surface area contributed by atoms with Gasteiger partial charge in [-0.1, -0.05) is 71.1 Å². The molecule has 2 amide bonds. The number of hydrogen-bond acceptors (Lipinski definition) is 4. The summed E-state index contributed by atoms with van der Waals surface area (Å²) in [6.07, 6.45) is 12.2. The molecule has 0 bridgehead atoms. The third-order valence-electron chi connectivity index (χ3n) is 4.50. The zero-order valence-corrected chi connectivity index (χ0v) is 14.3. The lowest BCUT2D eigenvalue weighted by Gasteiger charge is -2.27. The van der Waals surface area contributed by atoms with Crippen LogP contribution >= 0.6 is 0 Å². The normalized spacial score (nSPS) is 16.1. The molecule has 0 aromatic rings. The maximum absolute atomic E-state index is 11.6. The van der Waals surface area contributed by atoms with Crippen molar-refractivity contribution < 1.29 is 19.5 Å². The molecular formula is C18H30NO4-. The molecule has 0 aliphatic carbocycles. The highest BCUT2D eigenvalue weighted by atomic mass is 16.4. The molecule has 0 saturated carbocycles. The predicted molar refractivity (Wildman–Crippen MR) is 86.3 cm³/mol. The number of aliphatic carboxylic acids is 1. The topological polar surface area (TPSA) is 77.5 Å². The number of amides is 2. The largest absolute Gasteiger partial charge is 0.548 e. The minimum absolute atomic E-state index is 0.126. The number of unbranched alkanes of at least 4 members (excludes halogenated alkanes) is 9. The quantitative estimate of drug-likeness (QED) is 0.385. The van der Waals surface area contributed by atoms with Crippen LogP contribution in [0.15, 0.2) is 0 Å². The Labute approximate surface area is 139 Å². The minimum Gasteiger partial charge on any atom is -0.548 e. The fourth-order valence-electron chi connectivity index (χ4n) is 3.12. The Kier molecular flexibility index (Phi) is 9.57. The third kappa shape index (κ3) is 7.14. The molecule has 1 aliphatic heterocycles. The smallest absolute Gasteiger partial charge is 0.230 e. The summed E-state index contributed by atoms with van der Waals surface area (Å²) in [4.78, 5) is 35.4. The van der Waals surface area contributed by atoms with Crippen LogP contribution in [0.1, 0.15) is 90.4 Å². The number of nitrogens with zero attached hydrogens (tertiary/aromatic N) is 1. The standard InChI is InChI=1S/C18H31NO4/c1-2-3-4-5-6-7-8-9-10-11-12-15(18(22)23)19-16(20)13-14-17(19)21/h15H,2-14H2,1H3,(H,22,23)/p-1. The molecule has 0 radical (unpaired) electrons.